The van der Waals surface area contributed by atoms with E-state index in [1.54, 1.807) is 23.1 Å². The van der Waals surface area contributed by atoms with E-state index in [1.807, 2.05) is 6.07 Å². The highest BCUT2D eigenvalue weighted by Crippen LogP contribution is 2.23. The van der Waals surface area contributed by atoms with Crippen LogP contribution in [0.15, 0.2) is 30.9 Å². The van der Waals surface area contributed by atoms with Gasteiger partial charge in [-0.05, 0) is 18.2 Å². The van der Waals surface area contributed by atoms with Crippen LogP contribution in [0, 0.1) is 0 Å². The Morgan fingerprint density at radius 2 is 2.28 bits per heavy atom. The average Bonchev–Trinajstić information content (AvgIpc) is 2.89. The number of nitrogens with zero attached hydrogens (tertiary/aromatic N) is 3. The largest absolute Gasteiger partial charge is 0.390 e. The first-order valence-corrected chi connectivity index (χ1v) is 6.24. The maximum Gasteiger partial charge on any atom is 0.138 e. The van der Waals surface area contributed by atoms with E-state index >= 15 is 0 Å². The maximum atomic E-state index is 9.45. The molecule has 96 valence electrons. The van der Waals surface area contributed by atoms with Crippen molar-refractivity contribution in [2.45, 2.75) is 6.10 Å². The number of halogens is 2. The van der Waals surface area contributed by atoms with Gasteiger partial charge in [0.05, 0.1) is 23.4 Å². The number of anilines is 1. The van der Waals surface area contributed by atoms with Gasteiger partial charge in [-0.1, -0.05) is 11.6 Å². The first kappa shape index (κ1) is 13.1. The lowest BCUT2D eigenvalue weighted by Gasteiger charge is -2.14. The molecule has 1 aromatic heterocycles. The Bertz CT molecular complexity index is 504. The SMILES string of the molecule is OC(CCl)CNc1cc(Cl)ccc1-n1cncn1. The van der Waals surface area contributed by atoms with Gasteiger partial charge in [0.15, 0.2) is 0 Å². The zero-order valence-electron chi connectivity index (χ0n) is 9.42. The third-order valence-corrected chi connectivity index (χ3v) is 2.92. The molecule has 18 heavy (non-hydrogen) atoms. The van der Waals surface area contributed by atoms with Gasteiger partial charge in [0, 0.05) is 11.6 Å². The molecule has 2 rings (SSSR count). The molecule has 0 bridgehead atoms. The fourth-order valence-electron chi connectivity index (χ4n) is 1.46. The smallest absolute Gasteiger partial charge is 0.138 e. The van der Waals surface area contributed by atoms with Crippen molar-refractivity contribution < 1.29 is 5.11 Å². The molecular weight excluding hydrogens is 275 g/mol. The van der Waals surface area contributed by atoms with Crippen molar-refractivity contribution in [3.63, 3.8) is 0 Å². The molecule has 1 heterocycles. The molecule has 0 aliphatic carbocycles. The molecule has 0 saturated carbocycles. The summed E-state index contributed by atoms with van der Waals surface area (Å²) in [5.74, 6) is 0.173. The van der Waals surface area contributed by atoms with Crippen LogP contribution in [-0.4, -0.2) is 38.4 Å². The van der Waals surface area contributed by atoms with Crippen LogP contribution in [0.1, 0.15) is 0 Å². The quantitative estimate of drug-likeness (QED) is 0.825. The number of nitrogens with one attached hydrogen (secondary N) is 1. The molecule has 2 aromatic rings. The van der Waals surface area contributed by atoms with Gasteiger partial charge in [0.25, 0.3) is 0 Å². The van der Waals surface area contributed by atoms with Gasteiger partial charge in [0.2, 0.25) is 0 Å². The Morgan fingerprint density at radius 3 is 2.94 bits per heavy atom. The first-order chi connectivity index (χ1) is 8.70. The third-order valence-electron chi connectivity index (χ3n) is 2.33. The summed E-state index contributed by atoms with van der Waals surface area (Å²) in [6, 6.07) is 5.35. The Morgan fingerprint density at radius 1 is 1.44 bits per heavy atom. The molecule has 0 radical (unpaired) electrons. The normalized spacial score (nSPS) is 12.4. The number of aromatic nitrogens is 3. The minimum Gasteiger partial charge on any atom is -0.390 e. The van der Waals surface area contributed by atoms with Crippen molar-refractivity contribution in [1.82, 2.24) is 14.8 Å². The Kier molecular flexibility index (Phi) is 4.41. The number of benzene rings is 1. The van der Waals surface area contributed by atoms with Gasteiger partial charge in [0.1, 0.15) is 12.7 Å². The summed E-state index contributed by atoms with van der Waals surface area (Å²) in [4.78, 5) is 3.89. The van der Waals surface area contributed by atoms with Gasteiger partial charge in [-0.15, -0.1) is 11.6 Å². The molecule has 0 amide bonds. The van der Waals surface area contributed by atoms with E-state index in [9.17, 15) is 5.11 Å². The van der Waals surface area contributed by atoms with E-state index in [2.05, 4.69) is 15.4 Å². The zero-order valence-corrected chi connectivity index (χ0v) is 10.9. The second kappa shape index (κ2) is 6.04. The van der Waals surface area contributed by atoms with Gasteiger partial charge in [-0.3, -0.25) is 0 Å². The van der Waals surface area contributed by atoms with E-state index in [4.69, 9.17) is 23.2 Å². The van der Waals surface area contributed by atoms with Gasteiger partial charge >= 0.3 is 0 Å². The fraction of sp³-hybridized carbons (Fsp3) is 0.273. The van der Waals surface area contributed by atoms with Gasteiger partial charge < -0.3 is 10.4 Å². The number of aliphatic hydroxyl groups excluding tert-OH is 1. The number of hydrogen-bond acceptors (Lipinski definition) is 4. The lowest BCUT2D eigenvalue weighted by atomic mass is 10.2. The molecule has 7 heteroatoms. The van der Waals surface area contributed by atoms with Crippen LogP contribution in [0.25, 0.3) is 5.69 Å². The summed E-state index contributed by atoms with van der Waals surface area (Å²) >= 11 is 11.5. The van der Waals surface area contributed by atoms with Crippen molar-refractivity contribution in [3.05, 3.63) is 35.9 Å². The van der Waals surface area contributed by atoms with Gasteiger partial charge in [-0.2, -0.15) is 5.10 Å². The molecule has 0 fully saturated rings. The van der Waals surface area contributed by atoms with E-state index in [-0.39, 0.29) is 5.88 Å². The van der Waals surface area contributed by atoms with Crippen molar-refractivity contribution >= 4 is 28.9 Å². The van der Waals surface area contributed by atoms with Crippen molar-refractivity contribution in [2.75, 3.05) is 17.7 Å². The Hall–Kier alpha value is -1.30. The van der Waals surface area contributed by atoms with E-state index in [1.165, 1.54) is 6.33 Å². The van der Waals surface area contributed by atoms with E-state index in [0.717, 1.165) is 11.4 Å². The Balaban J connectivity index is 2.24. The molecule has 1 aromatic carbocycles. The first-order valence-electron chi connectivity index (χ1n) is 5.33. The Labute approximate surface area is 114 Å². The van der Waals surface area contributed by atoms with Gasteiger partial charge in [-0.25, -0.2) is 9.67 Å². The zero-order chi connectivity index (χ0) is 13.0. The second-order valence-corrected chi connectivity index (χ2v) is 4.44. The summed E-state index contributed by atoms with van der Waals surface area (Å²) in [6.45, 7) is 0.339. The molecule has 1 atom stereocenters. The van der Waals surface area contributed by atoms with Crippen LogP contribution in [0.2, 0.25) is 5.02 Å². The summed E-state index contributed by atoms with van der Waals surface area (Å²) in [5.41, 5.74) is 1.57. The summed E-state index contributed by atoms with van der Waals surface area (Å²) in [6.07, 6.45) is 2.42. The lowest BCUT2D eigenvalue weighted by molar-refractivity contribution is 0.211. The van der Waals surface area contributed by atoms with Crippen LogP contribution in [0.5, 0.6) is 0 Å². The number of aliphatic hydroxyl groups is 1. The van der Waals surface area contributed by atoms with E-state index in [0.29, 0.717) is 11.6 Å². The fourth-order valence-corrected chi connectivity index (χ4v) is 1.75. The second-order valence-electron chi connectivity index (χ2n) is 3.69. The highest BCUT2D eigenvalue weighted by atomic mass is 35.5. The van der Waals surface area contributed by atoms with Crippen LogP contribution in [0.4, 0.5) is 5.69 Å². The highest BCUT2D eigenvalue weighted by Gasteiger charge is 2.08. The van der Waals surface area contributed by atoms with Crippen molar-refractivity contribution in [2.24, 2.45) is 0 Å². The highest BCUT2D eigenvalue weighted by molar-refractivity contribution is 6.31. The molecule has 0 aliphatic rings. The molecule has 0 saturated heterocycles. The summed E-state index contributed by atoms with van der Waals surface area (Å²) < 4.78 is 1.62. The lowest BCUT2D eigenvalue weighted by Crippen LogP contribution is -2.21. The van der Waals surface area contributed by atoms with E-state index < -0.39 is 6.10 Å². The van der Waals surface area contributed by atoms with Crippen molar-refractivity contribution in [1.29, 1.82) is 0 Å². The minimum atomic E-state index is -0.616. The summed E-state index contributed by atoms with van der Waals surface area (Å²) in [5, 5.41) is 17.2. The molecule has 2 N–H and O–H groups in total. The topological polar surface area (TPSA) is 63.0 Å². The summed E-state index contributed by atoms with van der Waals surface area (Å²) in [7, 11) is 0. The molecule has 0 aliphatic heterocycles. The maximum absolute atomic E-state index is 9.45. The minimum absolute atomic E-state index is 0.173. The van der Waals surface area contributed by atoms with Crippen LogP contribution < -0.4 is 5.32 Å². The number of rotatable bonds is 5. The molecular formula is C11H12Cl2N4O. The molecule has 0 spiro atoms. The monoisotopic (exact) mass is 286 g/mol. The van der Waals surface area contributed by atoms with Crippen molar-refractivity contribution in [3.8, 4) is 5.69 Å². The average molecular weight is 287 g/mol. The van der Waals surface area contributed by atoms with Crippen LogP contribution in [0.3, 0.4) is 0 Å². The molecule has 1 unspecified atom stereocenters. The standard InChI is InChI=1S/C11H12Cl2N4O/c12-4-9(18)5-15-10-3-8(13)1-2-11(10)17-7-14-6-16-17/h1-3,6-7,9,15,18H,4-5H2. The number of alkyl halides is 1. The number of hydrogen-bond donors (Lipinski definition) is 2. The molecule has 5 nitrogen and oxygen atoms in total. The predicted octanol–water partition coefficient (Wildman–Crippen LogP) is 1.93. The predicted molar refractivity (Wildman–Crippen MR) is 71.6 cm³/mol. The third kappa shape index (κ3) is 3.13. The van der Waals surface area contributed by atoms with Crippen LogP contribution in [-0.2, 0) is 0 Å². The van der Waals surface area contributed by atoms with Crippen LogP contribution >= 0.6 is 23.2 Å².